The molecule has 0 N–H and O–H groups in total. The lowest BCUT2D eigenvalue weighted by Crippen LogP contribution is -2.64. The lowest BCUT2D eigenvalue weighted by Gasteiger charge is -2.59. The van der Waals surface area contributed by atoms with Crippen LogP contribution in [0.25, 0.3) is 76.8 Å². The van der Waals surface area contributed by atoms with Crippen LogP contribution < -0.4 is 19.6 Å². The van der Waals surface area contributed by atoms with Crippen molar-refractivity contribution in [3.63, 3.8) is 0 Å². The van der Waals surface area contributed by atoms with Gasteiger partial charge in [0.1, 0.15) is 0 Å². The number of anilines is 8. The second-order valence-corrected chi connectivity index (χ2v) is 39.2. The van der Waals surface area contributed by atoms with Gasteiger partial charge in [0, 0.05) is 67.2 Å². The maximum Gasteiger partial charge on any atom is 0.0568 e. The van der Waals surface area contributed by atoms with Gasteiger partial charge in [-0.05, 0) is 309 Å². The highest BCUT2D eigenvalue weighted by Crippen LogP contribution is 2.72. The number of nitrogens with zero attached hydrogens (tertiary/aromatic N) is 4. The third kappa shape index (κ3) is 8.23. The zero-order chi connectivity index (χ0) is 74.7. The third-order valence-corrected chi connectivity index (χ3v) is 33.8. The zero-order valence-corrected chi connectivity index (χ0v) is 67.2. The van der Waals surface area contributed by atoms with Crippen molar-refractivity contribution >= 4 is 77.8 Å². The molecule has 0 amide bonds. The zero-order valence-electron chi connectivity index (χ0n) is 67.2. The highest BCUT2D eigenvalue weighted by Gasteiger charge is 2.69. The standard InChI is InChI=1S/C104H110N4/c1-93(2)53-29-57-97(9)83-61-67(41-49-87(83)105(101(93,97)13)71-33-21-17-22-34-71)79-65-80(68-42-50-88-84(62-68)98(10)58-30-54-94(3,4)102(98,14)106(88)72-35-23-18-24-36-72)76-47-48-78-82(70-44-52-90-86(64-70)100(12)60-32-56-96(7,8)104(100,16)108(90)74-39-27-20-28-40-74)66-81(77-46-45-75(79)91(76)92(77)78)69-43-51-89-85(63-69)99(11)59-31-55-95(5,6)103(99,15)107(89)73-37-25-19-26-38-73/h17-28,33-52,61-66H,29-32,53-60H2,1-16H3. The van der Waals surface area contributed by atoms with Crippen LogP contribution in [0.2, 0.25) is 0 Å². The summed E-state index contributed by atoms with van der Waals surface area (Å²) in [4.78, 5) is 11.1. The van der Waals surface area contributed by atoms with E-state index in [9.17, 15) is 0 Å². The van der Waals surface area contributed by atoms with Gasteiger partial charge in [-0.1, -0.05) is 230 Å². The normalized spacial score (nSPS) is 29.4. The number of para-hydroxylation sites is 4. The Balaban J connectivity index is 0.887. The van der Waals surface area contributed by atoms with Crippen molar-refractivity contribution in [1.29, 1.82) is 0 Å². The van der Waals surface area contributed by atoms with Crippen molar-refractivity contribution in [2.75, 3.05) is 19.6 Å². The monoisotopic (exact) mass is 1410 g/mol. The second-order valence-electron chi connectivity index (χ2n) is 39.2. The van der Waals surface area contributed by atoms with E-state index in [2.05, 4.69) is 361 Å². The van der Waals surface area contributed by atoms with Gasteiger partial charge in [0.2, 0.25) is 0 Å². The maximum atomic E-state index is 2.77. The molecule has 0 bridgehead atoms. The van der Waals surface area contributed by atoms with Crippen LogP contribution in [0.1, 0.15) is 210 Å². The van der Waals surface area contributed by atoms with Gasteiger partial charge < -0.3 is 19.6 Å². The molecule has 4 aliphatic heterocycles. The Labute approximate surface area is 644 Å². The van der Waals surface area contributed by atoms with Crippen LogP contribution in [0.5, 0.6) is 0 Å². The fourth-order valence-corrected chi connectivity index (χ4v) is 26.4. The summed E-state index contributed by atoms with van der Waals surface area (Å²) in [5, 5.41) is 7.98. The van der Waals surface area contributed by atoms with Gasteiger partial charge >= 0.3 is 0 Å². The minimum absolute atomic E-state index is 0.0312. The van der Waals surface area contributed by atoms with Crippen LogP contribution in [0.3, 0.4) is 0 Å². The topological polar surface area (TPSA) is 13.0 Å². The summed E-state index contributed by atoms with van der Waals surface area (Å²) in [6, 6.07) is 92.0. The first-order valence-electron chi connectivity index (χ1n) is 41.3. The highest BCUT2D eigenvalue weighted by molar-refractivity contribution is 6.32. The number of benzene rings is 12. The predicted octanol–water partition coefficient (Wildman–Crippen LogP) is 28.8. The van der Waals surface area contributed by atoms with Gasteiger partial charge in [-0.25, -0.2) is 0 Å². The van der Waals surface area contributed by atoms with Crippen LogP contribution in [0, 0.1) is 21.7 Å². The first kappa shape index (κ1) is 68.2. The van der Waals surface area contributed by atoms with Crippen LogP contribution in [-0.4, -0.2) is 22.2 Å². The van der Waals surface area contributed by atoms with Gasteiger partial charge in [-0.15, -0.1) is 0 Å². The van der Waals surface area contributed by atoms with E-state index in [0.717, 1.165) is 25.7 Å². The Hall–Kier alpha value is -9.12. The Morgan fingerprint density at radius 3 is 0.620 bits per heavy atom. The molecule has 8 atom stereocenters. The van der Waals surface area contributed by atoms with Crippen molar-refractivity contribution in [3.8, 4) is 44.5 Å². The molecule has 0 radical (unpaired) electrons. The van der Waals surface area contributed by atoms with Crippen LogP contribution in [0.4, 0.5) is 45.5 Å². The molecular formula is C104H110N4. The third-order valence-electron chi connectivity index (χ3n) is 33.8. The number of rotatable bonds is 8. The van der Waals surface area contributed by atoms with Crippen molar-refractivity contribution in [1.82, 2.24) is 0 Å². The summed E-state index contributed by atoms with van der Waals surface area (Å²) in [7, 11) is 0. The summed E-state index contributed by atoms with van der Waals surface area (Å²) in [6.45, 7) is 41.4. The van der Waals surface area contributed by atoms with Crippen molar-refractivity contribution in [2.45, 2.75) is 232 Å². The molecule has 20 rings (SSSR count). The minimum atomic E-state index is -0.182. The van der Waals surface area contributed by atoms with E-state index in [1.165, 1.54) is 196 Å². The van der Waals surface area contributed by atoms with Gasteiger partial charge in [-0.3, -0.25) is 0 Å². The van der Waals surface area contributed by atoms with Gasteiger partial charge in [0.15, 0.2) is 0 Å². The molecular weight excluding hydrogens is 1310 g/mol. The summed E-state index contributed by atoms with van der Waals surface area (Å²) in [6.07, 6.45) is 14.1. The van der Waals surface area contributed by atoms with Crippen LogP contribution >= 0.6 is 0 Å². The van der Waals surface area contributed by atoms with Gasteiger partial charge in [0.05, 0.1) is 22.2 Å². The van der Waals surface area contributed by atoms with E-state index in [1.807, 2.05) is 0 Å². The molecule has 12 aromatic rings. The van der Waals surface area contributed by atoms with E-state index in [0.29, 0.717) is 0 Å². The van der Waals surface area contributed by atoms with Gasteiger partial charge in [0.25, 0.3) is 0 Å². The first-order chi connectivity index (χ1) is 51.5. The molecule has 108 heavy (non-hydrogen) atoms. The Kier molecular flexibility index (Phi) is 14.1. The van der Waals surface area contributed by atoms with E-state index in [-0.39, 0.29) is 65.5 Å². The first-order valence-corrected chi connectivity index (χ1v) is 41.3. The Bertz CT molecular complexity index is 5020. The molecule has 0 aromatic heterocycles. The van der Waals surface area contributed by atoms with Crippen molar-refractivity contribution in [3.05, 3.63) is 253 Å². The number of fused-ring (bicyclic) bond motifs is 12. The van der Waals surface area contributed by atoms with Crippen LogP contribution in [0.15, 0.2) is 231 Å². The van der Waals surface area contributed by atoms with Gasteiger partial charge in [-0.2, -0.15) is 0 Å². The molecule has 4 saturated carbocycles. The van der Waals surface area contributed by atoms with Crippen molar-refractivity contribution in [2.24, 2.45) is 21.7 Å². The molecule has 4 nitrogen and oxygen atoms in total. The summed E-state index contributed by atoms with van der Waals surface area (Å²) < 4.78 is 0. The second kappa shape index (κ2) is 22.3. The maximum absolute atomic E-state index is 2.77. The molecule has 4 heteroatoms. The minimum Gasteiger partial charge on any atom is -0.334 e. The lowest BCUT2D eigenvalue weighted by atomic mass is 9.51. The predicted molar refractivity (Wildman–Crippen MR) is 460 cm³/mol. The lowest BCUT2D eigenvalue weighted by molar-refractivity contribution is 0.0484. The number of hydrogen-bond donors (Lipinski definition) is 0. The molecule has 0 spiro atoms. The van der Waals surface area contributed by atoms with Crippen molar-refractivity contribution < 1.29 is 0 Å². The molecule has 12 aromatic carbocycles. The summed E-state index contributed by atoms with van der Waals surface area (Å²) in [5.41, 5.74) is 25.7. The average molecular weight is 1420 g/mol. The van der Waals surface area contributed by atoms with E-state index in [1.54, 1.807) is 0 Å². The molecule has 8 unspecified atom stereocenters. The van der Waals surface area contributed by atoms with E-state index in [4.69, 9.17) is 0 Å². The summed E-state index contributed by atoms with van der Waals surface area (Å²) in [5.74, 6) is 0. The Morgan fingerprint density at radius 1 is 0.213 bits per heavy atom. The summed E-state index contributed by atoms with van der Waals surface area (Å²) >= 11 is 0. The molecule has 4 aliphatic carbocycles. The SMILES string of the molecule is CC1(C)CCCC2(C)c3cc(-c4cc(-c5ccc6c(c5)C5(C)CCCC(C)(C)C5(C)N6c5ccccc5)c5ccc6c(-c7ccc8c(c7)C7(C)CCCC(C)(C)C7(C)N8c7ccccc7)cc(-c7ccc8c(c7)C7(C)CCCC(C)(C)C7(C)N8c7ccccc7)c7ccc4c5c76)ccc3N(c3ccccc3)C12C. The van der Waals surface area contributed by atoms with E-state index >= 15 is 0 Å². The Morgan fingerprint density at radius 2 is 0.417 bits per heavy atom. The van der Waals surface area contributed by atoms with Crippen LogP contribution in [-0.2, 0) is 21.7 Å². The molecule has 4 heterocycles. The fourth-order valence-electron chi connectivity index (χ4n) is 26.4. The quantitative estimate of drug-likeness (QED) is 0.141. The average Bonchev–Trinajstić information content (AvgIpc) is 1.50. The molecule has 0 saturated heterocycles. The molecule has 4 fully saturated rings. The fraction of sp³-hybridized carbons (Fsp3) is 0.385. The van der Waals surface area contributed by atoms with E-state index < -0.39 is 0 Å². The largest absolute Gasteiger partial charge is 0.334 e. The molecule has 8 aliphatic rings. The highest BCUT2D eigenvalue weighted by atomic mass is 15.3. The number of hydrogen-bond acceptors (Lipinski definition) is 4. The molecule has 546 valence electrons. The smallest absolute Gasteiger partial charge is 0.0568 e.